The summed E-state index contributed by atoms with van der Waals surface area (Å²) >= 11 is 0. The van der Waals surface area contributed by atoms with Crippen molar-refractivity contribution >= 4 is 17.3 Å². The lowest BCUT2D eigenvalue weighted by Crippen LogP contribution is -1.84. The second-order valence-electron chi connectivity index (χ2n) is 2.00. The van der Waals surface area contributed by atoms with Crippen molar-refractivity contribution in [1.82, 2.24) is 4.98 Å². The first-order chi connectivity index (χ1) is 6.26. The van der Waals surface area contributed by atoms with Crippen LogP contribution < -0.4 is 5.73 Å². The van der Waals surface area contributed by atoms with Crippen LogP contribution in [-0.4, -0.2) is 4.98 Å². The second-order valence-corrected chi connectivity index (χ2v) is 2.00. The summed E-state index contributed by atoms with van der Waals surface area (Å²) in [5.41, 5.74) is 21.9. The molecule has 8 heteroatoms. The molecule has 1 heterocycles. The van der Waals surface area contributed by atoms with E-state index in [1.54, 1.807) is 0 Å². The number of aromatic nitrogens is 1. The van der Waals surface area contributed by atoms with Gasteiger partial charge in [0.15, 0.2) is 0 Å². The van der Waals surface area contributed by atoms with Crippen LogP contribution in [0.25, 0.3) is 20.9 Å². The van der Waals surface area contributed by atoms with Gasteiger partial charge in [-0.15, -0.1) is 0 Å². The summed E-state index contributed by atoms with van der Waals surface area (Å²) in [6, 6.07) is 2.74. The molecule has 0 saturated heterocycles. The average Bonchev–Trinajstić information content (AvgIpc) is 2.04. The van der Waals surface area contributed by atoms with Crippen molar-refractivity contribution in [2.45, 2.75) is 0 Å². The molecule has 1 aromatic rings. The highest BCUT2D eigenvalue weighted by molar-refractivity contribution is 5.53. The lowest BCUT2D eigenvalue weighted by atomic mass is 10.4. The fourth-order valence-corrected chi connectivity index (χ4v) is 0.716. The molecule has 0 fully saturated rings. The molecule has 0 atom stereocenters. The zero-order chi connectivity index (χ0) is 9.68. The summed E-state index contributed by atoms with van der Waals surface area (Å²) < 4.78 is 0. The number of pyridine rings is 1. The Hall–Kier alpha value is -2.43. The molecule has 8 nitrogen and oxygen atoms in total. The van der Waals surface area contributed by atoms with Gasteiger partial charge in [0, 0.05) is 15.5 Å². The van der Waals surface area contributed by atoms with Gasteiger partial charge < -0.3 is 5.73 Å². The minimum Gasteiger partial charge on any atom is -0.399 e. The summed E-state index contributed by atoms with van der Waals surface area (Å²) in [7, 11) is 0. The lowest BCUT2D eigenvalue weighted by Gasteiger charge is -1.96. The number of nitrogens with two attached hydrogens (primary N) is 1. The highest BCUT2D eigenvalue weighted by Gasteiger charge is 1.96. The summed E-state index contributed by atoms with van der Waals surface area (Å²) in [4.78, 5) is 8.73. The van der Waals surface area contributed by atoms with Gasteiger partial charge in [0.25, 0.3) is 0 Å². The van der Waals surface area contributed by atoms with Crippen LogP contribution in [0.1, 0.15) is 0 Å². The maximum Gasteiger partial charge on any atom is 0.129 e. The first-order valence-electron chi connectivity index (χ1n) is 3.14. The Labute approximate surface area is 72.3 Å². The predicted octanol–water partition coefficient (Wildman–Crippen LogP) is 2.55. The molecule has 2 N–H and O–H groups in total. The van der Waals surface area contributed by atoms with E-state index in [-0.39, 0.29) is 11.6 Å². The first kappa shape index (κ1) is 8.66. The van der Waals surface area contributed by atoms with Crippen molar-refractivity contribution in [3.05, 3.63) is 33.0 Å². The third kappa shape index (κ3) is 2.26. The number of nitrogens with zero attached hydrogens (tertiary/aromatic N) is 7. The lowest BCUT2D eigenvalue weighted by molar-refractivity contribution is 1.22. The van der Waals surface area contributed by atoms with Crippen molar-refractivity contribution in [2.75, 3.05) is 5.73 Å². The molecule has 0 unspecified atom stereocenters. The molecule has 0 bridgehead atoms. The van der Waals surface area contributed by atoms with Crippen molar-refractivity contribution in [3.8, 4) is 0 Å². The molecule has 0 spiro atoms. The van der Waals surface area contributed by atoms with Crippen molar-refractivity contribution < 1.29 is 0 Å². The molecule has 0 aliphatic heterocycles. The van der Waals surface area contributed by atoms with Crippen molar-refractivity contribution in [3.63, 3.8) is 0 Å². The van der Waals surface area contributed by atoms with Gasteiger partial charge in [-0.2, -0.15) is 0 Å². The Morgan fingerprint density at radius 3 is 2.00 bits per heavy atom. The van der Waals surface area contributed by atoms with Gasteiger partial charge in [-0.05, 0) is 33.4 Å². The molecule has 13 heavy (non-hydrogen) atoms. The third-order valence-electron chi connectivity index (χ3n) is 1.11. The Bertz CT molecular complexity index is 374. The van der Waals surface area contributed by atoms with E-state index in [2.05, 4.69) is 25.0 Å². The molecule has 0 saturated carbocycles. The van der Waals surface area contributed by atoms with E-state index < -0.39 is 0 Å². The number of azide groups is 2. The molecule has 0 aliphatic rings. The Balaban J connectivity index is 3.25. The first-order valence-corrected chi connectivity index (χ1v) is 3.14. The summed E-state index contributed by atoms with van der Waals surface area (Å²) in [5, 5.41) is 6.43. The third-order valence-corrected chi connectivity index (χ3v) is 1.11. The number of nitrogen functional groups attached to an aromatic ring is 1. The summed E-state index contributed by atoms with van der Waals surface area (Å²) in [5.74, 6) is 0.148. The maximum atomic E-state index is 8.11. The monoisotopic (exact) mass is 176 g/mol. The Morgan fingerprint density at radius 2 is 1.62 bits per heavy atom. The number of anilines is 1. The number of hydrogen-bond donors (Lipinski definition) is 1. The zero-order valence-electron chi connectivity index (χ0n) is 6.36. The molecule has 64 valence electrons. The van der Waals surface area contributed by atoms with E-state index in [1.165, 1.54) is 12.1 Å². The smallest absolute Gasteiger partial charge is 0.129 e. The van der Waals surface area contributed by atoms with Crippen LogP contribution in [0, 0.1) is 0 Å². The van der Waals surface area contributed by atoms with Gasteiger partial charge >= 0.3 is 0 Å². The van der Waals surface area contributed by atoms with Gasteiger partial charge in [0.1, 0.15) is 11.6 Å². The van der Waals surface area contributed by atoms with Crippen LogP contribution in [0.3, 0.4) is 0 Å². The standard InChI is InChI=1S/C5H4N8/c6-3-1-4(10-12-7)9-5(2-3)11-13-8/h1-2H,(H2,6,9). The summed E-state index contributed by atoms with van der Waals surface area (Å²) in [6.07, 6.45) is 0. The molecule has 1 rings (SSSR count). The van der Waals surface area contributed by atoms with E-state index in [0.29, 0.717) is 5.69 Å². The Kier molecular flexibility index (Phi) is 2.54. The molecule has 0 aromatic carbocycles. The second kappa shape index (κ2) is 3.82. The molecular formula is C5H4N8. The van der Waals surface area contributed by atoms with Crippen LogP contribution >= 0.6 is 0 Å². The largest absolute Gasteiger partial charge is 0.399 e. The number of hydrogen-bond acceptors (Lipinski definition) is 4. The highest BCUT2D eigenvalue weighted by atomic mass is 15.2. The van der Waals surface area contributed by atoms with E-state index in [4.69, 9.17) is 16.8 Å². The maximum absolute atomic E-state index is 8.11. The van der Waals surface area contributed by atoms with Crippen LogP contribution in [-0.2, 0) is 0 Å². The summed E-state index contributed by atoms with van der Waals surface area (Å²) in [6.45, 7) is 0. The molecular weight excluding hydrogens is 172 g/mol. The zero-order valence-corrected chi connectivity index (χ0v) is 6.36. The molecule has 0 amide bonds. The minimum absolute atomic E-state index is 0.0740. The van der Waals surface area contributed by atoms with Gasteiger partial charge in [-0.3, -0.25) is 0 Å². The van der Waals surface area contributed by atoms with Crippen molar-refractivity contribution in [1.29, 1.82) is 0 Å². The molecule has 1 aromatic heterocycles. The predicted molar refractivity (Wildman–Crippen MR) is 46.3 cm³/mol. The fourth-order valence-electron chi connectivity index (χ4n) is 0.716. The van der Waals surface area contributed by atoms with Gasteiger partial charge in [0.2, 0.25) is 0 Å². The van der Waals surface area contributed by atoms with Gasteiger partial charge in [-0.1, -0.05) is 0 Å². The Morgan fingerprint density at radius 1 is 1.15 bits per heavy atom. The van der Waals surface area contributed by atoms with Crippen molar-refractivity contribution in [2.24, 2.45) is 10.2 Å². The van der Waals surface area contributed by atoms with E-state index in [9.17, 15) is 0 Å². The van der Waals surface area contributed by atoms with Crippen LogP contribution in [0.2, 0.25) is 0 Å². The van der Waals surface area contributed by atoms with E-state index in [1.807, 2.05) is 0 Å². The van der Waals surface area contributed by atoms with Gasteiger partial charge in [0.05, 0.1) is 0 Å². The highest BCUT2D eigenvalue weighted by Crippen LogP contribution is 2.20. The van der Waals surface area contributed by atoms with Crippen LogP contribution in [0.5, 0.6) is 0 Å². The average molecular weight is 176 g/mol. The minimum atomic E-state index is 0.0740. The van der Waals surface area contributed by atoms with Crippen LogP contribution in [0.15, 0.2) is 22.4 Å². The molecule has 0 aliphatic carbocycles. The SMILES string of the molecule is [N-]=[N+]=Nc1cc(N)cc(N=[N+]=[N-])n1. The van der Waals surface area contributed by atoms with E-state index in [0.717, 1.165) is 0 Å². The normalized spacial score (nSPS) is 8.31. The van der Waals surface area contributed by atoms with E-state index >= 15 is 0 Å². The van der Waals surface area contributed by atoms with Gasteiger partial charge in [-0.25, -0.2) is 4.98 Å². The topological polar surface area (TPSA) is 136 Å². The number of rotatable bonds is 2. The fraction of sp³-hybridized carbons (Fsp3) is 0. The van der Waals surface area contributed by atoms with Crippen LogP contribution in [0.4, 0.5) is 17.3 Å². The quantitative estimate of drug-likeness (QED) is 0.420. The molecule has 0 radical (unpaired) electrons.